The zero-order chi connectivity index (χ0) is 7.68. The zero-order valence-electron chi connectivity index (χ0n) is 6.26. The molecule has 1 aliphatic rings. The van der Waals surface area contributed by atoms with Crippen LogP contribution in [0, 0.1) is 0 Å². The summed E-state index contributed by atoms with van der Waals surface area (Å²) in [5, 5.41) is 0. The van der Waals surface area contributed by atoms with E-state index in [0.29, 0.717) is 4.83 Å². The Hall–Kier alpha value is -0.370. The highest BCUT2D eigenvalue weighted by Crippen LogP contribution is 2.34. The van der Waals surface area contributed by atoms with E-state index < -0.39 is 0 Å². The second-order valence-electron chi connectivity index (χ2n) is 2.93. The standard InChI is InChI=1S/C9H10BrN/c10-9-3-1-2-7-6-11-5-4-8(7)9/h4-6,9H,1-3H2. The van der Waals surface area contributed by atoms with Crippen LogP contribution < -0.4 is 0 Å². The van der Waals surface area contributed by atoms with Crippen molar-refractivity contribution in [1.29, 1.82) is 0 Å². The van der Waals surface area contributed by atoms with E-state index in [0.717, 1.165) is 0 Å². The molecule has 2 rings (SSSR count). The summed E-state index contributed by atoms with van der Waals surface area (Å²) < 4.78 is 0. The van der Waals surface area contributed by atoms with Crippen LogP contribution in [0.3, 0.4) is 0 Å². The van der Waals surface area contributed by atoms with Crippen molar-refractivity contribution in [3.8, 4) is 0 Å². The first-order valence-corrected chi connectivity index (χ1v) is 4.86. The summed E-state index contributed by atoms with van der Waals surface area (Å²) in [7, 11) is 0. The van der Waals surface area contributed by atoms with Gasteiger partial charge in [-0.15, -0.1) is 0 Å². The highest BCUT2D eigenvalue weighted by Gasteiger charge is 2.16. The number of hydrogen-bond donors (Lipinski definition) is 0. The quantitative estimate of drug-likeness (QED) is 0.602. The fourth-order valence-corrected chi connectivity index (χ4v) is 2.35. The molecule has 0 radical (unpaired) electrons. The van der Waals surface area contributed by atoms with Crippen LogP contribution in [0.15, 0.2) is 18.5 Å². The second kappa shape index (κ2) is 2.94. The summed E-state index contributed by atoms with van der Waals surface area (Å²) in [6.45, 7) is 0. The second-order valence-corrected chi connectivity index (χ2v) is 4.04. The van der Waals surface area contributed by atoms with Gasteiger partial charge >= 0.3 is 0 Å². The number of aryl methyl sites for hydroxylation is 1. The Morgan fingerprint density at radius 2 is 2.45 bits per heavy atom. The van der Waals surface area contributed by atoms with Crippen LogP contribution in [0.2, 0.25) is 0 Å². The first kappa shape index (κ1) is 7.29. The summed E-state index contributed by atoms with van der Waals surface area (Å²) in [6.07, 6.45) is 7.61. The number of pyridine rings is 1. The Morgan fingerprint density at radius 1 is 1.55 bits per heavy atom. The Labute approximate surface area is 75.0 Å². The monoisotopic (exact) mass is 211 g/mol. The topological polar surface area (TPSA) is 12.9 Å². The lowest BCUT2D eigenvalue weighted by Crippen LogP contribution is -2.04. The van der Waals surface area contributed by atoms with Gasteiger partial charge in [0.05, 0.1) is 0 Å². The molecular weight excluding hydrogens is 202 g/mol. The minimum Gasteiger partial charge on any atom is -0.264 e. The van der Waals surface area contributed by atoms with Crippen LogP contribution in [-0.4, -0.2) is 4.98 Å². The van der Waals surface area contributed by atoms with Crippen molar-refractivity contribution >= 4 is 15.9 Å². The smallest absolute Gasteiger partial charge is 0.0399 e. The lowest BCUT2D eigenvalue weighted by atomic mass is 9.94. The Kier molecular flexibility index (Phi) is 1.95. The molecule has 11 heavy (non-hydrogen) atoms. The number of hydrogen-bond acceptors (Lipinski definition) is 1. The fourth-order valence-electron chi connectivity index (χ4n) is 1.58. The summed E-state index contributed by atoms with van der Waals surface area (Å²) in [4.78, 5) is 4.68. The SMILES string of the molecule is BrC1CCCc2cnccc21. The molecule has 0 saturated carbocycles. The molecule has 1 aliphatic carbocycles. The molecule has 1 nitrogen and oxygen atoms in total. The van der Waals surface area contributed by atoms with Crippen molar-refractivity contribution in [3.63, 3.8) is 0 Å². The summed E-state index contributed by atoms with van der Waals surface area (Å²) in [6, 6.07) is 2.12. The first-order valence-electron chi connectivity index (χ1n) is 3.95. The maximum absolute atomic E-state index is 4.11. The third-order valence-corrected chi connectivity index (χ3v) is 3.13. The normalized spacial score (nSPS) is 22.8. The molecule has 0 fully saturated rings. The molecule has 0 spiro atoms. The van der Waals surface area contributed by atoms with Crippen molar-refractivity contribution in [1.82, 2.24) is 4.98 Å². The van der Waals surface area contributed by atoms with Crippen molar-refractivity contribution in [2.24, 2.45) is 0 Å². The van der Waals surface area contributed by atoms with E-state index in [1.54, 1.807) is 0 Å². The molecule has 0 aromatic carbocycles. The zero-order valence-corrected chi connectivity index (χ0v) is 7.84. The van der Waals surface area contributed by atoms with Gasteiger partial charge in [-0.1, -0.05) is 15.9 Å². The van der Waals surface area contributed by atoms with Crippen molar-refractivity contribution in [2.75, 3.05) is 0 Å². The third-order valence-electron chi connectivity index (χ3n) is 2.18. The molecule has 1 heterocycles. The van der Waals surface area contributed by atoms with Crippen molar-refractivity contribution in [2.45, 2.75) is 24.1 Å². The van der Waals surface area contributed by atoms with Crippen LogP contribution >= 0.6 is 15.9 Å². The molecule has 0 aliphatic heterocycles. The third kappa shape index (κ3) is 1.32. The molecule has 0 saturated heterocycles. The molecular formula is C9H10BrN. The van der Waals surface area contributed by atoms with Gasteiger partial charge in [0.15, 0.2) is 0 Å². The van der Waals surface area contributed by atoms with Crippen LogP contribution in [-0.2, 0) is 6.42 Å². The van der Waals surface area contributed by atoms with Gasteiger partial charge in [-0.2, -0.15) is 0 Å². The average molecular weight is 212 g/mol. The number of nitrogens with zero attached hydrogens (tertiary/aromatic N) is 1. The predicted molar refractivity (Wildman–Crippen MR) is 48.8 cm³/mol. The highest BCUT2D eigenvalue weighted by atomic mass is 79.9. The first-order chi connectivity index (χ1) is 5.38. The summed E-state index contributed by atoms with van der Waals surface area (Å²) in [5.74, 6) is 0. The van der Waals surface area contributed by atoms with Gasteiger partial charge < -0.3 is 0 Å². The van der Waals surface area contributed by atoms with Gasteiger partial charge in [-0.3, -0.25) is 4.98 Å². The minimum atomic E-state index is 0.564. The molecule has 1 aromatic rings. The molecule has 2 heteroatoms. The number of aromatic nitrogens is 1. The lowest BCUT2D eigenvalue weighted by Gasteiger charge is -2.19. The van der Waals surface area contributed by atoms with Gasteiger partial charge in [0.1, 0.15) is 0 Å². The molecule has 1 unspecified atom stereocenters. The Morgan fingerprint density at radius 3 is 3.27 bits per heavy atom. The van der Waals surface area contributed by atoms with E-state index in [9.17, 15) is 0 Å². The van der Waals surface area contributed by atoms with E-state index in [-0.39, 0.29) is 0 Å². The van der Waals surface area contributed by atoms with E-state index in [1.165, 1.54) is 30.4 Å². The van der Waals surface area contributed by atoms with Gasteiger partial charge in [0.25, 0.3) is 0 Å². The van der Waals surface area contributed by atoms with E-state index >= 15 is 0 Å². The van der Waals surface area contributed by atoms with Crippen LogP contribution in [0.5, 0.6) is 0 Å². The van der Waals surface area contributed by atoms with Crippen molar-refractivity contribution in [3.05, 3.63) is 29.6 Å². The van der Waals surface area contributed by atoms with E-state index in [1.807, 2.05) is 12.4 Å². The molecule has 0 bridgehead atoms. The highest BCUT2D eigenvalue weighted by molar-refractivity contribution is 9.09. The number of rotatable bonds is 0. The average Bonchev–Trinajstić information content (AvgIpc) is 2.06. The lowest BCUT2D eigenvalue weighted by molar-refractivity contribution is 0.677. The largest absolute Gasteiger partial charge is 0.264 e. The number of alkyl halides is 1. The van der Waals surface area contributed by atoms with E-state index in [4.69, 9.17) is 0 Å². The van der Waals surface area contributed by atoms with Crippen LogP contribution in [0.1, 0.15) is 28.8 Å². The van der Waals surface area contributed by atoms with Gasteiger partial charge in [0, 0.05) is 17.2 Å². The number of halogens is 1. The van der Waals surface area contributed by atoms with Crippen LogP contribution in [0.25, 0.3) is 0 Å². The van der Waals surface area contributed by atoms with Gasteiger partial charge in [-0.05, 0) is 36.5 Å². The van der Waals surface area contributed by atoms with Gasteiger partial charge in [0.2, 0.25) is 0 Å². The summed E-state index contributed by atoms with van der Waals surface area (Å²) >= 11 is 3.66. The molecule has 0 N–H and O–H groups in total. The van der Waals surface area contributed by atoms with Crippen LogP contribution in [0.4, 0.5) is 0 Å². The predicted octanol–water partition coefficient (Wildman–Crippen LogP) is 2.85. The Balaban J connectivity index is 2.44. The molecule has 1 aromatic heterocycles. The van der Waals surface area contributed by atoms with E-state index in [2.05, 4.69) is 27.0 Å². The fraction of sp³-hybridized carbons (Fsp3) is 0.444. The summed E-state index contributed by atoms with van der Waals surface area (Å²) in [5.41, 5.74) is 2.85. The minimum absolute atomic E-state index is 0.564. The number of fused-ring (bicyclic) bond motifs is 1. The molecule has 1 atom stereocenters. The van der Waals surface area contributed by atoms with Crippen molar-refractivity contribution < 1.29 is 0 Å². The maximum atomic E-state index is 4.11. The maximum Gasteiger partial charge on any atom is 0.0399 e. The molecule has 0 amide bonds. The Bertz CT molecular complexity index is 259. The van der Waals surface area contributed by atoms with Gasteiger partial charge in [-0.25, -0.2) is 0 Å². The molecule has 58 valence electrons.